The number of likely N-dealkylation sites (tertiary alicyclic amines) is 1. The van der Waals surface area contributed by atoms with E-state index >= 15 is 0 Å². The molecule has 1 amide bonds. The van der Waals surface area contributed by atoms with Crippen LogP contribution in [0.2, 0.25) is 0 Å². The third kappa shape index (κ3) is 3.60. The molecule has 1 aliphatic rings. The zero-order valence-corrected chi connectivity index (χ0v) is 14.7. The average Bonchev–Trinajstić information content (AvgIpc) is 3.11. The molecule has 1 N–H and O–H groups in total. The van der Waals surface area contributed by atoms with E-state index in [9.17, 15) is 9.59 Å². The summed E-state index contributed by atoms with van der Waals surface area (Å²) >= 11 is 0. The molecule has 5 heteroatoms. The third-order valence-corrected chi connectivity index (χ3v) is 4.89. The number of amides is 1. The first-order valence-electron chi connectivity index (χ1n) is 8.76. The fourth-order valence-corrected chi connectivity index (χ4v) is 3.52. The Balaban J connectivity index is 1.75. The van der Waals surface area contributed by atoms with Crippen molar-refractivity contribution in [1.82, 2.24) is 9.47 Å². The number of hydrogen-bond acceptors (Lipinski definition) is 2. The highest BCUT2D eigenvalue weighted by Gasteiger charge is 2.27. The van der Waals surface area contributed by atoms with E-state index in [1.54, 1.807) is 12.1 Å². The van der Waals surface area contributed by atoms with Gasteiger partial charge in [0.1, 0.15) is 5.69 Å². The van der Waals surface area contributed by atoms with Crippen LogP contribution in [0.1, 0.15) is 65.1 Å². The number of aromatic carboxylic acids is 1. The van der Waals surface area contributed by atoms with Crippen LogP contribution < -0.4 is 0 Å². The van der Waals surface area contributed by atoms with Gasteiger partial charge in [0.05, 0.1) is 5.56 Å². The molecule has 1 unspecified atom stereocenters. The Kier molecular flexibility index (Phi) is 4.93. The lowest BCUT2D eigenvalue weighted by Gasteiger charge is -2.33. The Labute approximate surface area is 147 Å². The molecule has 1 aliphatic heterocycles. The normalized spacial score (nSPS) is 17.7. The van der Waals surface area contributed by atoms with E-state index in [0.29, 0.717) is 12.1 Å². The minimum Gasteiger partial charge on any atom is -0.478 e. The third-order valence-electron chi connectivity index (χ3n) is 4.89. The summed E-state index contributed by atoms with van der Waals surface area (Å²) in [6.07, 6.45) is 3.92. The fraction of sp³-hybridized carbons (Fsp3) is 0.400. The van der Waals surface area contributed by atoms with Gasteiger partial charge in [-0.05, 0) is 56.5 Å². The van der Waals surface area contributed by atoms with Crippen LogP contribution in [-0.4, -0.2) is 39.5 Å². The summed E-state index contributed by atoms with van der Waals surface area (Å²) in [7, 11) is 0. The van der Waals surface area contributed by atoms with Gasteiger partial charge in [0, 0.05) is 31.2 Å². The highest BCUT2D eigenvalue weighted by atomic mass is 16.4. The number of rotatable bonds is 4. The molecule has 1 atom stereocenters. The Morgan fingerprint density at radius 1 is 1.16 bits per heavy atom. The van der Waals surface area contributed by atoms with Gasteiger partial charge in [-0.25, -0.2) is 4.79 Å². The minimum atomic E-state index is -0.915. The molecule has 0 radical (unpaired) electrons. The second kappa shape index (κ2) is 7.13. The fourth-order valence-electron chi connectivity index (χ4n) is 3.52. The molecular weight excluding hydrogens is 316 g/mol. The summed E-state index contributed by atoms with van der Waals surface area (Å²) in [5.41, 5.74) is 2.13. The molecule has 132 valence electrons. The number of piperidine rings is 1. The number of carbonyl (C=O) groups is 2. The number of nitrogens with zero attached hydrogens (tertiary/aromatic N) is 2. The monoisotopic (exact) mass is 340 g/mol. The van der Waals surface area contributed by atoms with Crippen molar-refractivity contribution in [3.05, 3.63) is 59.4 Å². The van der Waals surface area contributed by atoms with Crippen molar-refractivity contribution in [1.29, 1.82) is 0 Å². The van der Waals surface area contributed by atoms with E-state index in [-0.39, 0.29) is 17.9 Å². The molecule has 25 heavy (non-hydrogen) atoms. The number of aromatic nitrogens is 1. The summed E-state index contributed by atoms with van der Waals surface area (Å²) < 4.78 is 2.01. The minimum absolute atomic E-state index is 0.0746. The van der Waals surface area contributed by atoms with E-state index < -0.39 is 5.97 Å². The smallest absolute Gasteiger partial charge is 0.335 e. The van der Waals surface area contributed by atoms with Gasteiger partial charge in [-0.2, -0.15) is 0 Å². The van der Waals surface area contributed by atoms with Crippen molar-refractivity contribution in [3.63, 3.8) is 0 Å². The Morgan fingerprint density at radius 3 is 2.52 bits per heavy atom. The molecular formula is C20H24N2O3. The highest BCUT2D eigenvalue weighted by molar-refractivity contribution is 5.93. The van der Waals surface area contributed by atoms with Crippen LogP contribution in [0, 0.1) is 0 Å². The van der Waals surface area contributed by atoms with E-state index in [4.69, 9.17) is 5.11 Å². The second-order valence-corrected chi connectivity index (χ2v) is 6.91. The van der Waals surface area contributed by atoms with Crippen molar-refractivity contribution in [2.75, 3.05) is 13.1 Å². The molecule has 1 saturated heterocycles. The van der Waals surface area contributed by atoms with Crippen molar-refractivity contribution in [3.8, 4) is 0 Å². The Morgan fingerprint density at radius 2 is 1.88 bits per heavy atom. The van der Waals surface area contributed by atoms with Gasteiger partial charge in [0.2, 0.25) is 0 Å². The summed E-state index contributed by atoms with van der Waals surface area (Å²) in [6.45, 7) is 5.58. The van der Waals surface area contributed by atoms with Gasteiger partial charge < -0.3 is 14.6 Å². The van der Waals surface area contributed by atoms with Crippen LogP contribution in [-0.2, 0) is 0 Å². The van der Waals surface area contributed by atoms with Crippen LogP contribution in [0.3, 0.4) is 0 Å². The number of carboxylic acids is 1. The van der Waals surface area contributed by atoms with Crippen LogP contribution in [0.25, 0.3) is 0 Å². The lowest BCUT2D eigenvalue weighted by molar-refractivity contribution is 0.0689. The van der Waals surface area contributed by atoms with E-state index in [1.807, 2.05) is 39.9 Å². The summed E-state index contributed by atoms with van der Waals surface area (Å²) in [6, 6.07) is 11.1. The molecule has 3 rings (SSSR count). The molecule has 0 bridgehead atoms. The SMILES string of the molecule is CC(C)n1cccc1C(=O)N1CCCC(c2ccc(C(=O)O)cc2)C1. The molecule has 5 nitrogen and oxygen atoms in total. The van der Waals surface area contributed by atoms with Crippen molar-refractivity contribution >= 4 is 11.9 Å². The largest absolute Gasteiger partial charge is 0.478 e. The second-order valence-electron chi connectivity index (χ2n) is 6.91. The maximum absolute atomic E-state index is 12.9. The van der Waals surface area contributed by atoms with E-state index in [0.717, 1.165) is 30.6 Å². The van der Waals surface area contributed by atoms with Gasteiger partial charge in [-0.15, -0.1) is 0 Å². The first-order valence-corrected chi connectivity index (χ1v) is 8.76. The molecule has 1 fully saturated rings. The number of carbonyl (C=O) groups excluding carboxylic acids is 1. The molecule has 0 saturated carbocycles. The summed E-state index contributed by atoms with van der Waals surface area (Å²) in [5, 5.41) is 9.02. The van der Waals surface area contributed by atoms with Crippen LogP contribution in [0.5, 0.6) is 0 Å². The van der Waals surface area contributed by atoms with E-state index in [2.05, 4.69) is 13.8 Å². The number of carboxylic acid groups (broad SMARTS) is 1. The van der Waals surface area contributed by atoms with Gasteiger partial charge in [0.25, 0.3) is 5.91 Å². The zero-order valence-electron chi connectivity index (χ0n) is 14.7. The lowest BCUT2D eigenvalue weighted by Crippen LogP contribution is -2.40. The van der Waals surface area contributed by atoms with E-state index in [1.165, 1.54) is 0 Å². The standard InChI is InChI=1S/C20H24N2O3/c1-14(2)22-12-4-6-18(22)19(23)21-11-3-5-17(13-21)15-7-9-16(10-8-15)20(24)25/h4,6-10,12,14,17H,3,5,11,13H2,1-2H3,(H,24,25). The van der Waals surface area contributed by atoms with Crippen molar-refractivity contribution in [2.24, 2.45) is 0 Å². The van der Waals surface area contributed by atoms with Crippen LogP contribution >= 0.6 is 0 Å². The lowest BCUT2D eigenvalue weighted by atomic mass is 9.90. The van der Waals surface area contributed by atoms with Crippen molar-refractivity contribution in [2.45, 2.75) is 38.6 Å². The molecule has 2 aromatic rings. The zero-order chi connectivity index (χ0) is 18.0. The maximum atomic E-state index is 12.9. The predicted molar refractivity (Wildman–Crippen MR) is 96.1 cm³/mol. The maximum Gasteiger partial charge on any atom is 0.335 e. The van der Waals surface area contributed by atoms with Crippen LogP contribution in [0.15, 0.2) is 42.6 Å². The molecule has 1 aromatic heterocycles. The predicted octanol–water partition coefficient (Wildman–Crippen LogP) is 3.79. The van der Waals surface area contributed by atoms with Crippen molar-refractivity contribution < 1.29 is 14.7 Å². The number of hydrogen-bond donors (Lipinski definition) is 1. The molecule has 2 heterocycles. The number of benzene rings is 1. The molecule has 1 aromatic carbocycles. The van der Waals surface area contributed by atoms with Gasteiger partial charge in [-0.1, -0.05) is 12.1 Å². The topological polar surface area (TPSA) is 62.5 Å². The molecule has 0 aliphatic carbocycles. The Bertz CT molecular complexity index is 762. The average molecular weight is 340 g/mol. The molecule has 0 spiro atoms. The Hall–Kier alpha value is -2.56. The van der Waals surface area contributed by atoms with Crippen LogP contribution in [0.4, 0.5) is 0 Å². The summed E-state index contributed by atoms with van der Waals surface area (Å²) in [4.78, 5) is 25.9. The first-order chi connectivity index (χ1) is 12.0. The van der Waals surface area contributed by atoms with Gasteiger partial charge in [-0.3, -0.25) is 4.79 Å². The highest BCUT2D eigenvalue weighted by Crippen LogP contribution is 2.28. The van der Waals surface area contributed by atoms with Gasteiger partial charge >= 0.3 is 5.97 Å². The van der Waals surface area contributed by atoms with Gasteiger partial charge in [0.15, 0.2) is 0 Å². The first kappa shape index (κ1) is 17.3. The summed E-state index contributed by atoms with van der Waals surface area (Å²) in [5.74, 6) is -0.588. The quantitative estimate of drug-likeness (QED) is 0.921.